The Morgan fingerprint density at radius 1 is 1.17 bits per heavy atom. The lowest BCUT2D eigenvalue weighted by molar-refractivity contribution is 0.298. The maximum atomic E-state index is 6.10. The number of fused-ring (bicyclic) bond motifs is 1. The molecule has 1 aliphatic heterocycles. The molecule has 1 fully saturated rings. The van der Waals surface area contributed by atoms with Crippen molar-refractivity contribution in [3.8, 4) is 0 Å². The molecule has 3 rings (SSSR count). The molecule has 1 aromatic rings. The third-order valence-corrected chi connectivity index (χ3v) is 4.76. The molecule has 1 saturated carbocycles. The van der Waals surface area contributed by atoms with Crippen molar-refractivity contribution < 1.29 is 0 Å². The second-order valence-corrected chi connectivity index (χ2v) is 5.77. The lowest BCUT2D eigenvalue weighted by Crippen LogP contribution is -2.45. The smallest absolute Gasteiger partial charge is 0.0440 e. The summed E-state index contributed by atoms with van der Waals surface area (Å²) < 4.78 is 0. The molecule has 0 saturated heterocycles. The van der Waals surface area contributed by atoms with Crippen LogP contribution >= 0.6 is 0 Å². The number of benzene rings is 1. The summed E-state index contributed by atoms with van der Waals surface area (Å²) in [6, 6.07) is 9.41. The molecule has 2 nitrogen and oxygen atoms in total. The van der Waals surface area contributed by atoms with Crippen LogP contribution in [0.25, 0.3) is 0 Å². The van der Waals surface area contributed by atoms with Crippen molar-refractivity contribution in [1.29, 1.82) is 0 Å². The van der Waals surface area contributed by atoms with Gasteiger partial charge in [0.15, 0.2) is 0 Å². The van der Waals surface area contributed by atoms with Crippen molar-refractivity contribution in [3.05, 3.63) is 29.8 Å². The zero-order valence-corrected chi connectivity index (χ0v) is 11.1. The van der Waals surface area contributed by atoms with Gasteiger partial charge >= 0.3 is 0 Å². The highest BCUT2D eigenvalue weighted by Gasteiger charge is 2.31. The van der Waals surface area contributed by atoms with E-state index in [1.165, 1.54) is 49.8 Å². The molecule has 18 heavy (non-hydrogen) atoms. The van der Waals surface area contributed by atoms with E-state index in [0.29, 0.717) is 6.04 Å². The molecule has 2 N–H and O–H groups in total. The summed E-state index contributed by atoms with van der Waals surface area (Å²) in [5, 5.41) is 0. The number of hydrogen-bond donors (Lipinski definition) is 1. The lowest BCUT2D eigenvalue weighted by Gasteiger charge is -2.37. The molecule has 2 heteroatoms. The fourth-order valence-corrected chi connectivity index (χ4v) is 3.80. The number of anilines is 1. The van der Waals surface area contributed by atoms with Gasteiger partial charge < -0.3 is 10.6 Å². The average Bonchev–Trinajstić information content (AvgIpc) is 2.85. The minimum Gasteiger partial charge on any atom is -0.366 e. The van der Waals surface area contributed by atoms with Crippen LogP contribution in [0.15, 0.2) is 24.3 Å². The summed E-state index contributed by atoms with van der Waals surface area (Å²) in [6.07, 6.45) is 8.16. The number of nitrogens with zero attached hydrogens (tertiary/aromatic N) is 1. The van der Waals surface area contributed by atoms with Crippen LogP contribution in [0.4, 0.5) is 5.69 Å². The minimum atomic E-state index is 0.564. The Morgan fingerprint density at radius 3 is 2.72 bits per heavy atom. The van der Waals surface area contributed by atoms with Crippen LogP contribution in [-0.4, -0.2) is 19.1 Å². The quantitative estimate of drug-likeness (QED) is 0.885. The molecule has 0 amide bonds. The first-order chi connectivity index (χ1) is 8.90. The van der Waals surface area contributed by atoms with Gasteiger partial charge in [-0.2, -0.15) is 0 Å². The highest BCUT2D eigenvalue weighted by molar-refractivity contribution is 5.58. The van der Waals surface area contributed by atoms with E-state index in [1.807, 2.05) is 0 Å². The zero-order chi connectivity index (χ0) is 12.4. The highest BCUT2D eigenvalue weighted by Crippen LogP contribution is 2.35. The van der Waals surface area contributed by atoms with E-state index < -0.39 is 0 Å². The highest BCUT2D eigenvalue weighted by atomic mass is 15.2. The predicted octanol–water partition coefficient (Wildman–Crippen LogP) is 2.96. The van der Waals surface area contributed by atoms with Crippen LogP contribution in [0.2, 0.25) is 0 Å². The predicted molar refractivity (Wildman–Crippen MR) is 76.9 cm³/mol. The van der Waals surface area contributed by atoms with Gasteiger partial charge in [-0.1, -0.05) is 37.5 Å². The van der Waals surface area contributed by atoms with Crippen LogP contribution in [0.3, 0.4) is 0 Å². The number of nitrogens with two attached hydrogens (primary N) is 1. The minimum absolute atomic E-state index is 0.564. The van der Waals surface area contributed by atoms with Crippen molar-refractivity contribution in [2.75, 3.05) is 18.0 Å². The van der Waals surface area contributed by atoms with Gasteiger partial charge in [-0.15, -0.1) is 0 Å². The van der Waals surface area contributed by atoms with E-state index in [-0.39, 0.29) is 0 Å². The summed E-state index contributed by atoms with van der Waals surface area (Å²) >= 11 is 0. The summed E-state index contributed by atoms with van der Waals surface area (Å²) in [7, 11) is 0. The molecule has 98 valence electrons. The number of hydrogen-bond acceptors (Lipinski definition) is 2. The van der Waals surface area contributed by atoms with Gasteiger partial charge in [-0.05, 0) is 36.8 Å². The maximum absolute atomic E-state index is 6.10. The van der Waals surface area contributed by atoms with E-state index in [2.05, 4.69) is 29.2 Å². The molecule has 0 bridgehead atoms. The fourth-order valence-electron chi connectivity index (χ4n) is 3.80. The molecule has 1 unspecified atom stereocenters. The standard InChI is InChI=1S/C16H24N2/c17-12-16(13-6-2-1-3-7-13)18-11-10-14-8-4-5-9-15(14)18/h4-5,8-9,13,16H,1-3,6-7,10-12,17H2. The van der Waals surface area contributed by atoms with E-state index >= 15 is 0 Å². The van der Waals surface area contributed by atoms with Gasteiger partial charge in [0, 0.05) is 24.8 Å². The monoisotopic (exact) mass is 244 g/mol. The van der Waals surface area contributed by atoms with E-state index in [9.17, 15) is 0 Å². The molecule has 2 aliphatic rings. The SMILES string of the molecule is NCC(C1CCCCC1)N1CCc2ccccc21. The third kappa shape index (κ3) is 2.14. The second-order valence-electron chi connectivity index (χ2n) is 5.77. The molecule has 1 aromatic carbocycles. The fraction of sp³-hybridized carbons (Fsp3) is 0.625. The summed E-state index contributed by atoms with van der Waals surface area (Å²) in [5.74, 6) is 0.815. The number of para-hydroxylation sites is 1. The van der Waals surface area contributed by atoms with Crippen LogP contribution in [0.1, 0.15) is 37.7 Å². The molecule has 0 spiro atoms. The van der Waals surface area contributed by atoms with Gasteiger partial charge in [0.05, 0.1) is 0 Å². The van der Waals surface area contributed by atoms with Gasteiger partial charge in [0.1, 0.15) is 0 Å². The van der Waals surface area contributed by atoms with Crippen LogP contribution < -0.4 is 10.6 Å². The maximum Gasteiger partial charge on any atom is 0.0440 e. The summed E-state index contributed by atoms with van der Waals surface area (Å²) in [6.45, 7) is 1.97. The van der Waals surface area contributed by atoms with Gasteiger partial charge in [-0.25, -0.2) is 0 Å². The lowest BCUT2D eigenvalue weighted by atomic mass is 9.83. The summed E-state index contributed by atoms with van der Waals surface area (Å²) in [4.78, 5) is 2.59. The first kappa shape index (κ1) is 12.0. The molecule has 1 heterocycles. The second kappa shape index (κ2) is 5.31. The van der Waals surface area contributed by atoms with Gasteiger partial charge in [0.2, 0.25) is 0 Å². The van der Waals surface area contributed by atoms with Crippen molar-refractivity contribution >= 4 is 5.69 Å². The first-order valence-electron chi connectivity index (χ1n) is 7.45. The Morgan fingerprint density at radius 2 is 1.94 bits per heavy atom. The normalized spacial score (nSPS) is 21.9. The molecule has 1 aliphatic carbocycles. The summed E-state index contributed by atoms with van der Waals surface area (Å²) in [5.41, 5.74) is 9.05. The Bertz CT molecular complexity index is 396. The van der Waals surface area contributed by atoms with Crippen LogP contribution in [0.5, 0.6) is 0 Å². The number of rotatable bonds is 3. The van der Waals surface area contributed by atoms with Crippen molar-refractivity contribution in [1.82, 2.24) is 0 Å². The van der Waals surface area contributed by atoms with Crippen molar-refractivity contribution in [3.63, 3.8) is 0 Å². The van der Waals surface area contributed by atoms with E-state index in [0.717, 1.165) is 19.0 Å². The first-order valence-corrected chi connectivity index (χ1v) is 7.45. The largest absolute Gasteiger partial charge is 0.366 e. The Balaban J connectivity index is 1.80. The molecule has 0 aromatic heterocycles. The Hall–Kier alpha value is -1.02. The molecular formula is C16H24N2. The van der Waals surface area contributed by atoms with E-state index in [1.54, 1.807) is 0 Å². The van der Waals surface area contributed by atoms with Crippen molar-refractivity contribution in [2.45, 2.75) is 44.6 Å². The molecular weight excluding hydrogens is 220 g/mol. The topological polar surface area (TPSA) is 29.3 Å². The van der Waals surface area contributed by atoms with Gasteiger partial charge in [0.25, 0.3) is 0 Å². The van der Waals surface area contributed by atoms with Crippen molar-refractivity contribution in [2.24, 2.45) is 11.7 Å². The zero-order valence-electron chi connectivity index (χ0n) is 11.1. The van der Waals surface area contributed by atoms with Crippen LogP contribution in [0, 0.1) is 5.92 Å². The molecule has 1 atom stereocenters. The Kier molecular flexibility index (Phi) is 3.55. The van der Waals surface area contributed by atoms with E-state index in [4.69, 9.17) is 5.73 Å². The Labute approximate surface area is 110 Å². The third-order valence-electron chi connectivity index (χ3n) is 4.76. The average molecular weight is 244 g/mol. The van der Waals surface area contributed by atoms with Crippen LogP contribution in [-0.2, 0) is 6.42 Å². The van der Waals surface area contributed by atoms with Gasteiger partial charge in [-0.3, -0.25) is 0 Å². The molecule has 0 radical (unpaired) electrons.